The van der Waals surface area contributed by atoms with Gasteiger partial charge in [-0.1, -0.05) is 31.5 Å². The van der Waals surface area contributed by atoms with E-state index in [1.165, 1.54) is 18.2 Å². The number of nitrogens with zero attached hydrogens (tertiary/aromatic N) is 3. The van der Waals surface area contributed by atoms with Crippen molar-refractivity contribution in [1.29, 1.82) is 0 Å². The van der Waals surface area contributed by atoms with Crippen LogP contribution in [0, 0.1) is 0 Å². The monoisotopic (exact) mass is 388 g/mol. The van der Waals surface area contributed by atoms with Gasteiger partial charge in [0, 0.05) is 18.1 Å². The lowest BCUT2D eigenvalue weighted by Crippen LogP contribution is -2.35. The summed E-state index contributed by atoms with van der Waals surface area (Å²) >= 11 is 5.85. The van der Waals surface area contributed by atoms with Gasteiger partial charge in [-0.2, -0.15) is 18.3 Å². The molecule has 5 nitrogen and oxygen atoms in total. The van der Waals surface area contributed by atoms with E-state index in [4.69, 9.17) is 11.6 Å². The number of hydrogen-bond acceptors (Lipinski definition) is 3. The molecule has 1 N–H and O–H groups in total. The summed E-state index contributed by atoms with van der Waals surface area (Å²) in [5.41, 5.74) is -1.51. The van der Waals surface area contributed by atoms with E-state index in [9.17, 15) is 18.0 Å². The van der Waals surface area contributed by atoms with E-state index in [-0.39, 0.29) is 17.3 Å². The first-order valence-electron chi connectivity index (χ1n) is 8.19. The maximum Gasteiger partial charge on any atom is 0.434 e. The van der Waals surface area contributed by atoms with Gasteiger partial charge in [-0.3, -0.25) is 4.79 Å². The Morgan fingerprint density at radius 1 is 1.31 bits per heavy atom. The normalized spacial score (nSPS) is 11.8. The van der Waals surface area contributed by atoms with E-state index in [0.29, 0.717) is 11.2 Å². The Hall–Kier alpha value is -2.06. The number of rotatable bonds is 7. The number of nitrogens with one attached hydrogen (secondary N) is 1. The number of likely N-dealkylation sites (N-methyl/N-ethyl adjacent to an activating group) is 1. The molecule has 2 aromatic rings. The summed E-state index contributed by atoms with van der Waals surface area (Å²) < 4.78 is 41.4. The molecule has 0 saturated heterocycles. The van der Waals surface area contributed by atoms with Crippen molar-refractivity contribution < 1.29 is 18.0 Å². The van der Waals surface area contributed by atoms with Crippen molar-refractivity contribution in [2.75, 3.05) is 26.2 Å². The molecule has 0 fully saturated rings. The van der Waals surface area contributed by atoms with Gasteiger partial charge in [-0.25, -0.2) is 4.68 Å². The lowest BCUT2D eigenvalue weighted by molar-refractivity contribution is -0.143. The Balaban J connectivity index is 2.28. The average Bonchev–Trinajstić information content (AvgIpc) is 3.04. The second-order valence-electron chi connectivity index (χ2n) is 5.58. The molecular weight excluding hydrogens is 369 g/mol. The zero-order valence-electron chi connectivity index (χ0n) is 14.5. The Kier molecular flexibility index (Phi) is 6.66. The van der Waals surface area contributed by atoms with Crippen LogP contribution in [0.25, 0.3) is 5.69 Å². The summed E-state index contributed by atoms with van der Waals surface area (Å²) in [6, 6.07) is 5.86. The van der Waals surface area contributed by atoms with Crippen molar-refractivity contribution >= 4 is 17.5 Å². The van der Waals surface area contributed by atoms with Gasteiger partial charge >= 0.3 is 6.18 Å². The van der Waals surface area contributed by atoms with Crippen molar-refractivity contribution in [1.82, 2.24) is 20.0 Å². The third-order valence-electron chi connectivity index (χ3n) is 3.94. The van der Waals surface area contributed by atoms with Crippen LogP contribution in [-0.4, -0.2) is 46.8 Å². The second-order valence-corrected chi connectivity index (χ2v) is 6.02. The second kappa shape index (κ2) is 8.55. The largest absolute Gasteiger partial charge is 0.434 e. The number of benzene rings is 1. The van der Waals surface area contributed by atoms with E-state index in [2.05, 4.69) is 15.3 Å². The first-order chi connectivity index (χ1) is 12.3. The smallest absolute Gasteiger partial charge is 0.351 e. The van der Waals surface area contributed by atoms with Crippen molar-refractivity contribution in [2.24, 2.45) is 0 Å². The zero-order chi connectivity index (χ0) is 19.3. The van der Waals surface area contributed by atoms with Crippen LogP contribution in [-0.2, 0) is 6.18 Å². The lowest BCUT2D eigenvalue weighted by atomic mass is 10.2. The van der Waals surface area contributed by atoms with E-state index in [1.807, 2.05) is 13.8 Å². The molecule has 0 saturated carbocycles. The van der Waals surface area contributed by atoms with Gasteiger partial charge < -0.3 is 10.2 Å². The third kappa shape index (κ3) is 4.76. The fourth-order valence-electron chi connectivity index (χ4n) is 2.55. The van der Waals surface area contributed by atoms with Gasteiger partial charge in [-0.05, 0) is 31.3 Å². The van der Waals surface area contributed by atoms with Gasteiger partial charge in [0.25, 0.3) is 5.91 Å². The molecule has 1 aromatic carbocycles. The van der Waals surface area contributed by atoms with Crippen LogP contribution in [0.15, 0.2) is 30.5 Å². The molecule has 0 atom stereocenters. The molecule has 142 valence electrons. The van der Waals surface area contributed by atoms with E-state index < -0.39 is 23.3 Å². The van der Waals surface area contributed by atoms with Crippen LogP contribution in [0.3, 0.4) is 0 Å². The molecule has 0 aliphatic rings. The molecule has 0 radical (unpaired) electrons. The van der Waals surface area contributed by atoms with Crippen LogP contribution in [0.4, 0.5) is 13.2 Å². The molecule has 1 amide bonds. The Bertz CT molecular complexity index is 757. The highest BCUT2D eigenvalue weighted by Gasteiger charge is 2.40. The van der Waals surface area contributed by atoms with Crippen molar-refractivity contribution in [2.45, 2.75) is 20.0 Å². The predicted molar refractivity (Wildman–Crippen MR) is 93.7 cm³/mol. The number of amides is 1. The SMILES string of the molecule is CCN(CC)CCNC(=O)c1cnn(-c2cccc(Cl)c2)c1C(F)(F)F. The van der Waals surface area contributed by atoms with Crippen LogP contribution >= 0.6 is 11.6 Å². The summed E-state index contributed by atoms with van der Waals surface area (Å²) in [4.78, 5) is 14.3. The van der Waals surface area contributed by atoms with Gasteiger partial charge in [0.05, 0.1) is 17.4 Å². The number of halogens is 4. The number of carbonyl (C=O) groups excluding carboxylic acids is 1. The van der Waals surface area contributed by atoms with Crippen LogP contribution < -0.4 is 5.32 Å². The van der Waals surface area contributed by atoms with Gasteiger partial charge in [0.15, 0.2) is 5.69 Å². The lowest BCUT2D eigenvalue weighted by Gasteiger charge is -2.18. The molecule has 0 spiro atoms. The minimum Gasteiger partial charge on any atom is -0.351 e. The molecule has 1 heterocycles. The number of hydrogen-bond donors (Lipinski definition) is 1. The highest BCUT2D eigenvalue weighted by Crippen LogP contribution is 2.34. The van der Waals surface area contributed by atoms with E-state index in [0.717, 1.165) is 19.3 Å². The van der Waals surface area contributed by atoms with Crippen LogP contribution in [0.2, 0.25) is 5.02 Å². The zero-order valence-corrected chi connectivity index (χ0v) is 15.2. The molecule has 26 heavy (non-hydrogen) atoms. The highest BCUT2D eigenvalue weighted by molar-refractivity contribution is 6.30. The van der Waals surface area contributed by atoms with Crippen molar-refractivity contribution in [3.05, 3.63) is 46.7 Å². The first kappa shape index (κ1) is 20.3. The highest BCUT2D eigenvalue weighted by atomic mass is 35.5. The summed E-state index contributed by atoms with van der Waals surface area (Å²) in [6.07, 6.45) is -3.82. The van der Waals surface area contributed by atoms with E-state index >= 15 is 0 Å². The molecule has 2 rings (SSSR count). The average molecular weight is 389 g/mol. The maximum absolute atomic E-state index is 13.6. The third-order valence-corrected chi connectivity index (χ3v) is 4.18. The van der Waals surface area contributed by atoms with Gasteiger partial charge in [0.2, 0.25) is 0 Å². The molecule has 9 heteroatoms. The van der Waals surface area contributed by atoms with E-state index in [1.54, 1.807) is 6.07 Å². The topological polar surface area (TPSA) is 50.2 Å². The van der Waals surface area contributed by atoms with Gasteiger partial charge in [0.1, 0.15) is 0 Å². The minimum atomic E-state index is -4.75. The fraction of sp³-hybridized carbons (Fsp3) is 0.412. The number of carbonyl (C=O) groups is 1. The summed E-state index contributed by atoms with van der Waals surface area (Å²) in [5.74, 6) is -0.808. The Morgan fingerprint density at radius 3 is 2.58 bits per heavy atom. The standard InChI is InChI=1S/C17H20ClF3N4O/c1-3-24(4-2)9-8-22-16(26)14-11-23-25(15(14)17(19,20)21)13-7-5-6-12(18)10-13/h5-7,10-11H,3-4,8-9H2,1-2H3,(H,22,26). The fourth-order valence-corrected chi connectivity index (χ4v) is 2.74. The van der Waals surface area contributed by atoms with Crippen LogP contribution in [0.5, 0.6) is 0 Å². The number of alkyl halides is 3. The first-order valence-corrected chi connectivity index (χ1v) is 8.57. The van der Waals surface area contributed by atoms with Crippen LogP contribution in [0.1, 0.15) is 29.9 Å². The quantitative estimate of drug-likeness (QED) is 0.788. The molecule has 0 bridgehead atoms. The molecule has 0 aliphatic carbocycles. The minimum absolute atomic E-state index is 0.131. The summed E-state index contributed by atoms with van der Waals surface area (Å²) in [7, 11) is 0. The summed E-state index contributed by atoms with van der Waals surface area (Å²) in [6.45, 7) is 6.35. The van der Waals surface area contributed by atoms with Crippen molar-refractivity contribution in [3.63, 3.8) is 0 Å². The molecule has 0 aliphatic heterocycles. The molecule has 0 unspecified atom stereocenters. The molecular formula is C17H20ClF3N4O. The maximum atomic E-state index is 13.6. The number of aromatic nitrogens is 2. The van der Waals surface area contributed by atoms with Crippen molar-refractivity contribution in [3.8, 4) is 5.69 Å². The Labute approximate surface area is 154 Å². The summed E-state index contributed by atoms with van der Waals surface area (Å²) in [5, 5.41) is 6.56. The predicted octanol–water partition coefficient (Wildman–Crippen LogP) is 3.62. The van der Waals surface area contributed by atoms with Gasteiger partial charge in [-0.15, -0.1) is 0 Å². The molecule has 1 aromatic heterocycles. The Morgan fingerprint density at radius 2 is 2.00 bits per heavy atom.